The molecular weight excluding hydrogens is 264 g/mol. The van der Waals surface area contributed by atoms with Crippen molar-refractivity contribution in [2.45, 2.75) is 13.1 Å². The highest BCUT2D eigenvalue weighted by atomic mass is 35.5. The molecule has 0 amide bonds. The van der Waals surface area contributed by atoms with Crippen LogP contribution in [0.2, 0.25) is 5.15 Å². The van der Waals surface area contributed by atoms with Crippen LogP contribution in [0.1, 0.15) is 21.5 Å². The van der Waals surface area contributed by atoms with Crippen LogP contribution in [0.25, 0.3) is 0 Å². The Morgan fingerprint density at radius 3 is 2.42 bits per heavy atom. The number of aromatic carboxylic acids is 1. The average molecular weight is 275 g/mol. The summed E-state index contributed by atoms with van der Waals surface area (Å²) in [6, 6.07) is 11.0. The third-order valence-electron chi connectivity index (χ3n) is 3.19. The number of pyridine rings is 1. The van der Waals surface area contributed by atoms with Gasteiger partial charge in [0.1, 0.15) is 11.0 Å². The van der Waals surface area contributed by atoms with E-state index in [2.05, 4.69) is 17.1 Å². The summed E-state index contributed by atoms with van der Waals surface area (Å²) in [6.07, 6.45) is 0. The number of halogens is 1. The van der Waals surface area contributed by atoms with Gasteiger partial charge in [-0.3, -0.25) is 0 Å². The van der Waals surface area contributed by atoms with Crippen molar-refractivity contribution in [2.24, 2.45) is 0 Å². The zero-order valence-corrected chi connectivity index (χ0v) is 10.8. The summed E-state index contributed by atoms with van der Waals surface area (Å²) >= 11 is 5.88. The molecule has 1 aromatic heterocycles. The molecule has 2 heterocycles. The lowest BCUT2D eigenvalue weighted by Crippen LogP contribution is -2.16. The summed E-state index contributed by atoms with van der Waals surface area (Å²) in [7, 11) is 0. The number of carboxylic acid groups (broad SMARTS) is 1. The lowest BCUT2D eigenvalue weighted by atomic mass is 10.1. The first kappa shape index (κ1) is 12.0. The first-order valence-corrected chi connectivity index (χ1v) is 6.24. The van der Waals surface area contributed by atoms with Crippen LogP contribution < -0.4 is 4.90 Å². The van der Waals surface area contributed by atoms with E-state index in [-0.39, 0.29) is 10.7 Å². The minimum absolute atomic E-state index is 0.158. The van der Waals surface area contributed by atoms with Crippen molar-refractivity contribution in [1.29, 1.82) is 0 Å². The van der Waals surface area contributed by atoms with Gasteiger partial charge in [-0.25, -0.2) is 9.78 Å². The predicted molar refractivity (Wildman–Crippen MR) is 72.5 cm³/mol. The molecule has 0 fully saturated rings. The molecule has 1 N–H and O–H groups in total. The molecule has 19 heavy (non-hydrogen) atoms. The summed E-state index contributed by atoms with van der Waals surface area (Å²) in [6.45, 7) is 1.45. The summed E-state index contributed by atoms with van der Waals surface area (Å²) in [5, 5.41) is 9.25. The number of hydrogen-bond acceptors (Lipinski definition) is 3. The second-order valence-electron chi connectivity index (χ2n) is 4.47. The summed E-state index contributed by atoms with van der Waals surface area (Å²) < 4.78 is 0. The first-order valence-electron chi connectivity index (χ1n) is 5.86. The Labute approximate surface area is 115 Å². The lowest BCUT2D eigenvalue weighted by molar-refractivity contribution is 0.0697. The lowest BCUT2D eigenvalue weighted by Gasteiger charge is -2.17. The van der Waals surface area contributed by atoms with E-state index in [1.807, 2.05) is 17.0 Å². The standard InChI is InChI=1S/C14H11ClN2O2/c15-12-5-11(14(18)19)6-13(16-12)17-7-9-3-1-2-4-10(9)8-17/h1-6H,7-8H2,(H,18,19). The maximum absolute atomic E-state index is 11.0. The minimum atomic E-state index is -0.998. The van der Waals surface area contributed by atoms with E-state index in [1.165, 1.54) is 17.2 Å². The van der Waals surface area contributed by atoms with E-state index in [1.54, 1.807) is 6.07 Å². The predicted octanol–water partition coefficient (Wildman–Crippen LogP) is 2.95. The molecule has 1 aliphatic rings. The van der Waals surface area contributed by atoms with E-state index in [4.69, 9.17) is 16.7 Å². The fourth-order valence-electron chi connectivity index (χ4n) is 2.26. The van der Waals surface area contributed by atoms with Gasteiger partial charge in [-0.15, -0.1) is 0 Å². The van der Waals surface area contributed by atoms with Crippen molar-refractivity contribution in [1.82, 2.24) is 4.98 Å². The second-order valence-corrected chi connectivity index (χ2v) is 4.85. The quantitative estimate of drug-likeness (QED) is 0.856. The van der Waals surface area contributed by atoms with Gasteiger partial charge in [0.05, 0.1) is 5.56 Å². The molecule has 96 valence electrons. The van der Waals surface area contributed by atoms with Crippen LogP contribution in [-0.4, -0.2) is 16.1 Å². The fourth-order valence-corrected chi connectivity index (χ4v) is 2.47. The Morgan fingerprint density at radius 2 is 1.84 bits per heavy atom. The van der Waals surface area contributed by atoms with Gasteiger partial charge < -0.3 is 10.0 Å². The second kappa shape index (κ2) is 4.55. The highest BCUT2D eigenvalue weighted by Crippen LogP contribution is 2.28. The van der Waals surface area contributed by atoms with Gasteiger partial charge in [-0.2, -0.15) is 0 Å². The minimum Gasteiger partial charge on any atom is -0.478 e. The largest absolute Gasteiger partial charge is 0.478 e. The van der Waals surface area contributed by atoms with Crippen molar-refractivity contribution in [3.8, 4) is 0 Å². The maximum Gasteiger partial charge on any atom is 0.335 e. The number of carbonyl (C=O) groups is 1. The van der Waals surface area contributed by atoms with Gasteiger partial charge >= 0.3 is 5.97 Å². The van der Waals surface area contributed by atoms with E-state index < -0.39 is 5.97 Å². The molecule has 0 aliphatic carbocycles. The van der Waals surface area contributed by atoms with Crippen LogP contribution in [0, 0.1) is 0 Å². The van der Waals surface area contributed by atoms with Gasteiger partial charge in [0, 0.05) is 13.1 Å². The molecule has 0 spiro atoms. The fraction of sp³-hybridized carbons (Fsp3) is 0.143. The van der Waals surface area contributed by atoms with E-state index in [0.717, 1.165) is 13.1 Å². The molecule has 0 atom stereocenters. The Balaban J connectivity index is 1.95. The van der Waals surface area contributed by atoms with Crippen LogP contribution >= 0.6 is 11.6 Å². The molecular formula is C14H11ClN2O2. The number of anilines is 1. The highest BCUT2D eigenvalue weighted by Gasteiger charge is 2.21. The first-order chi connectivity index (χ1) is 9.13. The Kier molecular flexibility index (Phi) is 2.87. The van der Waals surface area contributed by atoms with Crippen LogP contribution in [0.4, 0.5) is 5.82 Å². The highest BCUT2D eigenvalue weighted by molar-refractivity contribution is 6.29. The molecule has 5 heteroatoms. The number of fused-ring (bicyclic) bond motifs is 1. The number of nitrogens with zero attached hydrogens (tertiary/aromatic N) is 2. The Morgan fingerprint density at radius 1 is 1.21 bits per heavy atom. The maximum atomic E-state index is 11.0. The summed E-state index contributed by atoms with van der Waals surface area (Å²) in [5.41, 5.74) is 2.63. The van der Waals surface area contributed by atoms with Crippen molar-refractivity contribution in [2.75, 3.05) is 4.90 Å². The molecule has 0 unspecified atom stereocenters. The zero-order chi connectivity index (χ0) is 13.4. The monoisotopic (exact) mass is 274 g/mol. The summed E-state index contributed by atoms with van der Waals surface area (Å²) in [5.74, 6) is -0.400. The van der Waals surface area contributed by atoms with Crippen molar-refractivity contribution in [3.05, 3.63) is 58.2 Å². The molecule has 0 saturated heterocycles. The van der Waals surface area contributed by atoms with Gasteiger partial charge in [0.25, 0.3) is 0 Å². The van der Waals surface area contributed by atoms with Crippen LogP contribution in [-0.2, 0) is 13.1 Å². The number of hydrogen-bond donors (Lipinski definition) is 1. The molecule has 4 nitrogen and oxygen atoms in total. The number of benzene rings is 1. The van der Waals surface area contributed by atoms with Gasteiger partial charge in [-0.1, -0.05) is 35.9 Å². The smallest absolute Gasteiger partial charge is 0.335 e. The number of carboxylic acids is 1. The van der Waals surface area contributed by atoms with Crippen LogP contribution in [0.15, 0.2) is 36.4 Å². The molecule has 0 bridgehead atoms. The molecule has 2 aromatic rings. The van der Waals surface area contributed by atoms with E-state index in [0.29, 0.717) is 5.82 Å². The van der Waals surface area contributed by atoms with Gasteiger partial charge in [-0.05, 0) is 23.3 Å². The van der Waals surface area contributed by atoms with E-state index in [9.17, 15) is 4.79 Å². The van der Waals surface area contributed by atoms with E-state index >= 15 is 0 Å². The molecule has 0 saturated carbocycles. The molecule has 3 rings (SSSR count). The van der Waals surface area contributed by atoms with Crippen LogP contribution in [0.5, 0.6) is 0 Å². The average Bonchev–Trinajstić information content (AvgIpc) is 2.81. The SMILES string of the molecule is O=C(O)c1cc(Cl)nc(N2Cc3ccccc3C2)c1. The third-order valence-corrected chi connectivity index (χ3v) is 3.39. The Hall–Kier alpha value is -2.07. The third kappa shape index (κ3) is 2.27. The van der Waals surface area contributed by atoms with Gasteiger partial charge in [0.15, 0.2) is 0 Å². The Bertz CT molecular complexity index is 633. The van der Waals surface area contributed by atoms with Gasteiger partial charge in [0.2, 0.25) is 0 Å². The normalized spacial score (nSPS) is 13.4. The molecule has 1 aromatic carbocycles. The van der Waals surface area contributed by atoms with Crippen molar-refractivity contribution >= 4 is 23.4 Å². The molecule has 1 aliphatic heterocycles. The van der Waals surface area contributed by atoms with Crippen molar-refractivity contribution in [3.63, 3.8) is 0 Å². The summed E-state index contributed by atoms with van der Waals surface area (Å²) in [4.78, 5) is 17.3. The number of aromatic nitrogens is 1. The molecule has 0 radical (unpaired) electrons. The zero-order valence-electron chi connectivity index (χ0n) is 10.0. The van der Waals surface area contributed by atoms with Crippen LogP contribution in [0.3, 0.4) is 0 Å². The number of rotatable bonds is 2. The topological polar surface area (TPSA) is 53.4 Å². The van der Waals surface area contributed by atoms with Crippen molar-refractivity contribution < 1.29 is 9.90 Å².